The van der Waals surface area contributed by atoms with Crippen LogP contribution in [0.15, 0.2) is 47.6 Å². The fourth-order valence-electron chi connectivity index (χ4n) is 1.87. The molecule has 23 heavy (non-hydrogen) atoms. The maximum absolute atomic E-state index is 5.21. The second-order valence-electron chi connectivity index (χ2n) is 4.84. The van der Waals surface area contributed by atoms with Crippen molar-refractivity contribution in [2.24, 2.45) is 5.10 Å². The van der Waals surface area contributed by atoms with Crippen LogP contribution >= 0.6 is 12.2 Å². The van der Waals surface area contributed by atoms with E-state index in [-0.39, 0.29) is 0 Å². The lowest BCUT2D eigenvalue weighted by Crippen LogP contribution is -2.23. The largest absolute Gasteiger partial charge is 0.497 e. The number of hydrazone groups is 1. The topological polar surface area (TPSA) is 54.9 Å². The number of anilines is 1. The van der Waals surface area contributed by atoms with Crippen LogP contribution in [0, 0.1) is 6.92 Å². The van der Waals surface area contributed by atoms with Crippen LogP contribution in [0.25, 0.3) is 0 Å². The van der Waals surface area contributed by atoms with E-state index < -0.39 is 0 Å². The number of ether oxygens (including phenoxy) is 2. The van der Waals surface area contributed by atoms with Gasteiger partial charge in [0.2, 0.25) is 0 Å². The van der Waals surface area contributed by atoms with E-state index in [0.717, 1.165) is 11.3 Å². The lowest BCUT2D eigenvalue weighted by atomic mass is 10.2. The Hall–Kier alpha value is -2.60. The molecule has 0 aliphatic heterocycles. The molecule has 120 valence electrons. The monoisotopic (exact) mass is 329 g/mol. The van der Waals surface area contributed by atoms with Gasteiger partial charge in [0.15, 0.2) is 5.11 Å². The normalized spacial score (nSPS) is 10.4. The van der Waals surface area contributed by atoms with Gasteiger partial charge in [-0.2, -0.15) is 5.10 Å². The van der Waals surface area contributed by atoms with Crippen LogP contribution in [0.3, 0.4) is 0 Å². The number of aryl methyl sites for hydroxylation is 1. The minimum atomic E-state index is 0.417. The summed E-state index contributed by atoms with van der Waals surface area (Å²) in [5.74, 6) is 1.40. The van der Waals surface area contributed by atoms with Crippen LogP contribution in [0.5, 0.6) is 11.5 Å². The van der Waals surface area contributed by atoms with Crippen LogP contribution in [0.4, 0.5) is 5.69 Å². The van der Waals surface area contributed by atoms with Crippen LogP contribution in [-0.2, 0) is 0 Å². The molecule has 0 fully saturated rings. The van der Waals surface area contributed by atoms with Gasteiger partial charge >= 0.3 is 0 Å². The molecule has 0 aromatic heterocycles. The molecule has 2 N–H and O–H groups in total. The van der Waals surface area contributed by atoms with E-state index in [1.807, 2.05) is 43.3 Å². The van der Waals surface area contributed by atoms with Gasteiger partial charge in [-0.25, -0.2) is 0 Å². The Kier molecular flexibility index (Phi) is 5.94. The zero-order chi connectivity index (χ0) is 16.7. The number of nitrogens with one attached hydrogen (secondary N) is 2. The van der Waals surface area contributed by atoms with Crippen LogP contribution in [0.2, 0.25) is 0 Å². The summed E-state index contributed by atoms with van der Waals surface area (Å²) in [6, 6.07) is 13.4. The predicted molar refractivity (Wildman–Crippen MR) is 97.7 cm³/mol. The third kappa shape index (κ3) is 5.27. The summed E-state index contributed by atoms with van der Waals surface area (Å²) in [5.41, 5.74) is 5.72. The zero-order valence-corrected chi connectivity index (χ0v) is 14.1. The Balaban J connectivity index is 1.95. The predicted octanol–water partition coefficient (Wildman–Crippen LogP) is 3.33. The van der Waals surface area contributed by atoms with Crippen molar-refractivity contribution in [1.82, 2.24) is 5.43 Å². The number of benzene rings is 2. The highest BCUT2D eigenvalue weighted by atomic mass is 32.1. The molecule has 5 nitrogen and oxygen atoms in total. The van der Waals surface area contributed by atoms with E-state index in [9.17, 15) is 0 Å². The van der Waals surface area contributed by atoms with E-state index >= 15 is 0 Å². The Labute approximate surface area is 141 Å². The summed E-state index contributed by atoms with van der Waals surface area (Å²) in [6.07, 6.45) is 1.65. The SMILES string of the molecule is COc1cc(/C=N\NC(=S)Nc2ccc(C)cc2)cc(OC)c1. The standard InChI is InChI=1S/C17H19N3O2S/c1-12-4-6-14(7-5-12)19-17(23)20-18-11-13-8-15(21-2)10-16(9-13)22-3/h4-11H,1-3H3,(H2,19,20,23)/b18-11-. The molecule has 0 aliphatic rings. The molecule has 0 atom stereocenters. The summed E-state index contributed by atoms with van der Waals surface area (Å²) >= 11 is 5.20. The first-order chi connectivity index (χ1) is 11.1. The van der Waals surface area contributed by atoms with E-state index in [2.05, 4.69) is 15.8 Å². The van der Waals surface area contributed by atoms with Crippen LogP contribution in [-0.4, -0.2) is 25.5 Å². The number of thiocarbonyl (C=S) groups is 1. The van der Waals surface area contributed by atoms with Crippen molar-refractivity contribution in [1.29, 1.82) is 0 Å². The summed E-state index contributed by atoms with van der Waals surface area (Å²) in [7, 11) is 3.21. The minimum absolute atomic E-state index is 0.417. The Morgan fingerprint density at radius 1 is 1.04 bits per heavy atom. The summed E-state index contributed by atoms with van der Waals surface area (Å²) in [4.78, 5) is 0. The second-order valence-corrected chi connectivity index (χ2v) is 5.24. The molecule has 0 heterocycles. The molecule has 0 aliphatic carbocycles. The van der Waals surface area contributed by atoms with Crippen molar-refractivity contribution >= 4 is 29.2 Å². The van der Waals surface area contributed by atoms with Crippen molar-refractivity contribution in [2.45, 2.75) is 6.92 Å². The third-order valence-electron chi connectivity index (χ3n) is 3.06. The first-order valence-corrected chi connectivity index (χ1v) is 7.41. The summed E-state index contributed by atoms with van der Waals surface area (Å²) in [5, 5.41) is 7.59. The molecule has 6 heteroatoms. The number of hydrogen-bond acceptors (Lipinski definition) is 4. The molecule has 0 saturated carbocycles. The van der Waals surface area contributed by atoms with Gasteiger partial charge in [0.25, 0.3) is 0 Å². The van der Waals surface area contributed by atoms with Gasteiger partial charge in [-0.15, -0.1) is 0 Å². The van der Waals surface area contributed by atoms with Gasteiger partial charge in [0.1, 0.15) is 11.5 Å². The van der Waals surface area contributed by atoms with Crippen LogP contribution in [0.1, 0.15) is 11.1 Å². The van der Waals surface area contributed by atoms with Crippen molar-refractivity contribution in [3.05, 3.63) is 53.6 Å². The third-order valence-corrected chi connectivity index (χ3v) is 3.26. The van der Waals surface area contributed by atoms with Crippen molar-refractivity contribution in [2.75, 3.05) is 19.5 Å². The quantitative estimate of drug-likeness (QED) is 0.501. The molecule has 0 amide bonds. The Morgan fingerprint density at radius 3 is 2.22 bits per heavy atom. The maximum Gasteiger partial charge on any atom is 0.191 e. The first kappa shape index (κ1) is 16.8. The van der Waals surface area contributed by atoms with Gasteiger partial charge in [-0.05, 0) is 43.4 Å². The fraction of sp³-hybridized carbons (Fsp3) is 0.176. The first-order valence-electron chi connectivity index (χ1n) is 7.00. The average Bonchev–Trinajstić information content (AvgIpc) is 2.56. The molecule has 0 radical (unpaired) electrons. The molecular formula is C17H19N3O2S. The highest BCUT2D eigenvalue weighted by Crippen LogP contribution is 2.21. The van der Waals surface area contributed by atoms with Gasteiger partial charge < -0.3 is 14.8 Å². The molecule has 2 rings (SSSR count). The molecule has 0 bridgehead atoms. The zero-order valence-electron chi connectivity index (χ0n) is 13.3. The van der Waals surface area contributed by atoms with Crippen molar-refractivity contribution in [3.8, 4) is 11.5 Å². The highest BCUT2D eigenvalue weighted by Gasteiger charge is 2.00. The lowest BCUT2D eigenvalue weighted by Gasteiger charge is -2.07. The van der Waals surface area contributed by atoms with Crippen molar-refractivity contribution < 1.29 is 9.47 Å². The molecule has 0 saturated heterocycles. The van der Waals surface area contributed by atoms with E-state index in [0.29, 0.717) is 16.6 Å². The minimum Gasteiger partial charge on any atom is -0.497 e. The van der Waals surface area contributed by atoms with Crippen LogP contribution < -0.4 is 20.2 Å². The molecule has 0 spiro atoms. The highest BCUT2D eigenvalue weighted by molar-refractivity contribution is 7.80. The van der Waals surface area contributed by atoms with E-state index in [1.54, 1.807) is 26.5 Å². The number of nitrogens with zero attached hydrogens (tertiary/aromatic N) is 1. The second kappa shape index (κ2) is 8.14. The Morgan fingerprint density at radius 2 is 1.65 bits per heavy atom. The fourth-order valence-corrected chi connectivity index (χ4v) is 2.04. The van der Waals surface area contributed by atoms with Crippen molar-refractivity contribution in [3.63, 3.8) is 0 Å². The van der Waals surface area contributed by atoms with Gasteiger partial charge in [-0.3, -0.25) is 5.43 Å². The van der Waals surface area contributed by atoms with Gasteiger partial charge in [0, 0.05) is 17.3 Å². The summed E-state index contributed by atoms with van der Waals surface area (Å²) < 4.78 is 10.4. The molecule has 2 aromatic carbocycles. The number of hydrogen-bond donors (Lipinski definition) is 2. The average molecular weight is 329 g/mol. The maximum atomic E-state index is 5.21. The molecule has 2 aromatic rings. The van der Waals surface area contributed by atoms with Gasteiger partial charge in [-0.1, -0.05) is 17.7 Å². The smallest absolute Gasteiger partial charge is 0.191 e. The number of methoxy groups -OCH3 is 2. The van der Waals surface area contributed by atoms with E-state index in [4.69, 9.17) is 21.7 Å². The summed E-state index contributed by atoms with van der Waals surface area (Å²) in [6.45, 7) is 2.03. The molecular weight excluding hydrogens is 310 g/mol. The number of rotatable bonds is 5. The Bertz CT molecular complexity index is 677. The van der Waals surface area contributed by atoms with Gasteiger partial charge in [0.05, 0.1) is 20.4 Å². The lowest BCUT2D eigenvalue weighted by molar-refractivity contribution is 0.394. The molecule has 0 unspecified atom stereocenters. The van der Waals surface area contributed by atoms with E-state index in [1.165, 1.54) is 5.56 Å².